The van der Waals surface area contributed by atoms with E-state index < -0.39 is 23.4 Å². The maximum atomic E-state index is 13.7. The Morgan fingerprint density at radius 2 is 1.97 bits per heavy atom. The average molecular weight is 557 g/mol. The number of rotatable bonds is 4. The number of halogens is 3. The summed E-state index contributed by atoms with van der Waals surface area (Å²) in [5.74, 6) is -0.279. The second kappa shape index (κ2) is 10.1. The molecule has 0 N–H and O–H groups in total. The zero-order valence-electron chi connectivity index (χ0n) is 21.5. The van der Waals surface area contributed by atoms with Gasteiger partial charge in [0.1, 0.15) is 0 Å². The van der Waals surface area contributed by atoms with Gasteiger partial charge in [-0.2, -0.15) is 13.2 Å². The summed E-state index contributed by atoms with van der Waals surface area (Å²) < 4.78 is 62.3. The number of aryl methyl sites for hydroxylation is 2. The van der Waals surface area contributed by atoms with Crippen LogP contribution in [0.1, 0.15) is 33.6 Å². The molecule has 6 rings (SSSR count). The van der Waals surface area contributed by atoms with Crippen molar-refractivity contribution in [3.63, 3.8) is 0 Å². The fourth-order valence-corrected chi connectivity index (χ4v) is 6.67. The molecule has 0 saturated carbocycles. The van der Waals surface area contributed by atoms with E-state index in [0.717, 1.165) is 32.5 Å². The predicted octanol–water partition coefficient (Wildman–Crippen LogP) is 4.09. The van der Waals surface area contributed by atoms with Crippen molar-refractivity contribution in [3.8, 4) is 0 Å². The lowest BCUT2D eigenvalue weighted by atomic mass is 9.98. The van der Waals surface area contributed by atoms with Gasteiger partial charge in [0.05, 0.1) is 43.7 Å². The fraction of sp³-hybridized carbons (Fsp3) is 0.370. The van der Waals surface area contributed by atoms with Gasteiger partial charge in [-0.05, 0) is 60.2 Å². The van der Waals surface area contributed by atoms with Gasteiger partial charge in [0.25, 0.3) is 0 Å². The van der Waals surface area contributed by atoms with Gasteiger partial charge in [-0.3, -0.25) is 4.40 Å². The molecular formula is C27H27F3N6O2S. The molecule has 5 heterocycles. The lowest BCUT2D eigenvalue weighted by Crippen LogP contribution is -2.50. The minimum Gasteiger partial charge on any atom is -0.593 e. The van der Waals surface area contributed by atoms with Gasteiger partial charge in [-0.15, -0.1) is 14.5 Å². The maximum absolute atomic E-state index is 13.7. The van der Waals surface area contributed by atoms with Crippen LogP contribution >= 0.6 is 0 Å². The number of fused-ring (bicyclic) bond motifs is 4. The molecule has 1 saturated heterocycles. The second-order valence-corrected chi connectivity index (χ2v) is 11.4. The zero-order valence-corrected chi connectivity index (χ0v) is 22.3. The average Bonchev–Trinajstić information content (AvgIpc) is 3.33. The molecule has 1 aromatic carbocycles. The van der Waals surface area contributed by atoms with Crippen LogP contribution in [0.15, 0.2) is 53.7 Å². The Labute approximate surface area is 226 Å². The molecule has 2 aliphatic heterocycles. The van der Waals surface area contributed by atoms with Crippen molar-refractivity contribution in [2.24, 2.45) is 0 Å². The van der Waals surface area contributed by atoms with E-state index in [2.05, 4.69) is 26.1 Å². The lowest BCUT2D eigenvalue weighted by molar-refractivity contribution is -0.145. The largest absolute Gasteiger partial charge is 0.593 e. The Hall–Kier alpha value is -3.19. The van der Waals surface area contributed by atoms with E-state index >= 15 is 0 Å². The fourth-order valence-electron chi connectivity index (χ4n) is 5.31. The number of ether oxygens (including phenoxy) is 1. The van der Waals surface area contributed by atoms with Crippen molar-refractivity contribution in [2.75, 3.05) is 31.2 Å². The summed E-state index contributed by atoms with van der Waals surface area (Å²) in [5, 5.41) is 7.16. The van der Waals surface area contributed by atoms with E-state index in [-0.39, 0.29) is 11.7 Å². The lowest BCUT2D eigenvalue weighted by Gasteiger charge is -2.35. The SMILES string of the molecule is Cc1ccc(Cc2ccn3c(C(F)(F)F)nnc3c2C)cc1CN1C[C@@H]2COCCN2c2ncccc2[S+]1[O-]. The van der Waals surface area contributed by atoms with Crippen LogP contribution in [0.3, 0.4) is 0 Å². The van der Waals surface area contributed by atoms with Gasteiger partial charge in [0.15, 0.2) is 11.5 Å². The summed E-state index contributed by atoms with van der Waals surface area (Å²) in [6.07, 6.45) is -0.956. The Morgan fingerprint density at radius 3 is 2.79 bits per heavy atom. The maximum Gasteiger partial charge on any atom is 0.452 e. The van der Waals surface area contributed by atoms with Gasteiger partial charge in [0.2, 0.25) is 10.7 Å². The molecule has 8 nitrogen and oxygen atoms in total. The minimum absolute atomic E-state index is 0.0430. The van der Waals surface area contributed by atoms with Crippen LogP contribution in [0.25, 0.3) is 5.65 Å². The summed E-state index contributed by atoms with van der Waals surface area (Å²) in [7, 11) is 0. The Morgan fingerprint density at radius 1 is 1.13 bits per heavy atom. The van der Waals surface area contributed by atoms with Crippen LogP contribution in [0.4, 0.5) is 19.0 Å². The molecule has 204 valence electrons. The van der Waals surface area contributed by atoms with Crippen LogP contribution in [0.2, 0.25) is 0 Å². The number of hydrogen-bond donors (Lipinski definition) is 0. The van der Waals surface area contributed by atoms with E-state index in [1.165, 1.54) is 6.20 Å². The predicted molar refractivity (Wildman–Crippen MR) is 140 cm³/mol. The van der Waals surface area contributed by atoms with Gasteiger partial charge in [-0.1, -0.05) is 18.2 Å². The number of pyridine rings is 2. The molecular weight excluding hydrogens is 529 g/mol. The molecule has 2 aliphatic rings. The highest BCUT2D eigenvalue weighted by Crippen LogP contribution is 2.34. The van der Waals surface area contributed by atoms with Crippen molar-refractivity contribution in [3.05, 3.63) is 82.4 Å². The third kappa shape index (κ3) is 4.86. The number of alkyl halides is 3. The van der Waals surface area contributed by atoms with Crippen molar-refractivity contribution >= 4 is 22.8 Å². The highest BCUT2D eigenvalue weighted by Gasteiger charge is 2.40. The normalized spacial score (nSPS) is 20.1. The Bertz CT molecular complexity index is 1530. The molecule has 1 fully saturated rings. The minimum atomic E-state index is -4.58. The van der Waals surface area contributed by atoms with Gasteiger partial charge in [0, 0.05) is 25.0 Å². The molecule has 2 atom stereocenters. The summed E-state index contributed by atoms with van der Waals surface area (Å²) >= 11 is -1.40. The quantitative estimate of drug-likeness (QED) is 0.350. The monoisotopic (exact) mass is 556 g/mol. The standard InChI is InChI=1S/C27H27F3N6O2S/c1-17-5-6-19(12-20-7-9-36-24(18(20)2)32-33-26(36)27(28,29)30)13-21(17)14-34-15-22-16-38-11-10-35(22)25-23(39(34)37)4-3-8-31-25/h3-9,13,22H,10-12,14-16H2,1-2H3/t22-,39?/m1/s1. The van der Waals surface area contributed by atoms with E-state index in [9.17, 15) is 17.7 Å². The first-order chi connectivity index (χ1) is 18.7. The van der Waals surface area contributed by atoms with Gasteiger partial charge < -0.3 is 14.2 Å². The third-order valence-electron chi connectivity index (χ3n) is 7.43. The van der Waals surface area contributed by atoms with Crippen LogP contribution < -0.4 is 4.90 Å². The van der Waals surface area contributed by atoms with Crippen LogP contribution in [-0.4, -0.2) is 60.8 Å². The summed E-state index contributed by atoms with van der Waals surface area (Å²) in [4.78, 5) is 7.46. The first kappa shape index (κ1) is 26.1. The zero-order chi connectivity index (χ0) is 27.3. The molecule has 0 spiro atoms. The third-order valence-corrected chi connectivity index (χ3v) is 8.88. The van der Waals surface area contributed by atoms with Gasteiger partial charge >= 0.3 is 6.18 Å². The molecule has 39 heavy (non-hydrogen) atoms. The molecule has 1 unspecified atom stereocenters. The summed E-state index contributed by atoms with van der Waals surface area (Å²) in [6.45, 7) is 6.68. The number of hydrogen-bond acceptors (Lipinski definition) is 7. The van der Waals surface area contributed by atoms with E-state index in [1.54, 1.807) is 19.2 Å². The molecule has 0 radical (unpaired) electrons. The molecule has 0 amide bonds. The number of anilines is 1. The Balaban J connectivity index is 1.28. The molecule has 0 aliphatic carbocycles. The van der Waals surface area contributed by atoms with Crippen molar-refractivity contribution in [1.82, 2.24) is 23.9 Å². The topological polar surface area (TPSA) is 81.8 Å². The van der Waals surface area contributed by atoms with Crippen molar-refractivity contribution in [1.29, 1.82) is 0 Å². The Kier molecular flexibility index (Phi) is 6.74. The van der Waals surface area contributed by atoms with E-state index in [1.807, 2.05) is 35.5 Å². The molecule has 0 bridgehead atoms. The first-order valence-corrected chi connectivity index (χ1v) is 13.8. The van der Waals surface area contributed by atoms with Crippen molar-refractivity contribution in [2.45, 2.75) is 43.9 Å². The van der Waals surface area contributed by atoms with E-state index in [4.69, 9.17) is 4.74 Å². The van der Waals surface area contributed by atoms with Crippen LogP contribution in [-0.2, 0) is 35.2 Å². The molecule has 3 aromatic heterocycles. The first-order valence-electron chi connectivity index (χ1n) is 12.7. The molecule has 12 heteroatoms. The molecule has 4 aromatic rings. The number of aromatic nitrogens is 4. The van der Waals surface area contributed by atoms with E-state index in [0.29, 0.717) is 49.7 Å². The number of nitrogens with zero attached hydrogens (tertiary/aromatic N) is 6. The summed E-state index contributed by atoms with van der Waals surface area (Å²) in [5.41, 5.74) is 4.83. The van der Waals surface area contributed by atoms with Gasteiger partial charge in [-0.25, -0.2) is 4.98 Å². The number of morpholine rings is 1. The van der Waals surface area contributed by atoms with Crippen LogP contribution in [0, 0.1) is 13.8 Å². The highest BCUT2D eigenvalue weighted by molar-refractivity contribution is 7.89. The second-order valence-electron chi connectivity index (χ2n) is 9.94. The van der Waals surface area contributed by atoms with Crippen LogP contribution in [0.5, 0.6) is 0 Å². The smallest absolute Gasteiger partial charge is 0.452 e. The van der Waals surface area contributed by atoms with Crippen molar-refractivity contribution < 1.29 is 22.5 Å². The highest BCUT2D eigenvalue weighted by atomic mass is 32.2. The number of benzene rings is 1. The summed E-state index contributed by atoms with van der Waals surface area (Å²) in [6, 6.07) is 11.6.